The van der Waals surface area contributed by atoms with Gasteiger partial charge in [-0.1, -0.05) is 43.6 Å². The summed E-state index contributed by atoms with van der Waals surface area (Å²) in [5, 5.41) is 0.811. The Hall–Kier alpha value is -1.16. The topological polar surface area (TPSA) is 6.48 Å². The largest absolute Gasteiger partial charge is 0.369 e. The average molecular weight is 389 g/mol. The van der Waals surface area contributed by atoms with Crippen LogP contribution in [0.25, 0.3) is 0 Å². The van der Waals surface area contributed by atoms with E-state index in [1.807, 2.05) is 23.9 Å². The van der Waals surface area contributed by atoms with Crippen molar-refractivity contribution in [1.82, 2.24) is 4.90 Å². The van der Waals surface area contributed by atoms with Crippen molar-refractivity contribution in [2.75, 3.05) is 43.4 Å². The molecular weight excluding hydrogens is 360 g/mol. The van der Waals surface area contributed by atoms with E-state index < -0.39 is 0 Å². The van der Waals surface area contributed by atoms with Gasteiger partial charge in [-0.05, 0) is 48.2 Å². The number of benzene rings is 2. The van der Waals surface area contributed by atoms with E-state index in [1.54, 1.807) is 0 Å². The van der Waals surface area contributed by atoms with Gasteiger partial charge in [0.25, 0.3) is 0 Å². The van der Waals surface area contributed by atoms with E-state index in [4.69, 9.17) is 11.6 Å². The summed E-state index contributed by atoms with van der Waals surface area (Å²) >= 11 is 7.95. The fraction of sp³-hybridized carbons (Fsp3) is 0.455. The quantitative estimate of drug-likeness (QED) is 0.576. The van der Waals surface area contributed by atoms with Gasteiger partial charge in [0, 0.05) is 54.1 Å². The zero-order chi connectivity index (χ0) is 18.4. The predicted octanol–water partition coefficient (Wildman–Crippen LogP) is 5.53. The Balaban J connectivity index is 1.48. The van der Waals surface area contributed by atoms with Gasteiger partial charge in [0.15, 0.2) is 0 Å². The number of nitrogens with zero attached hydrogens (tertiary/aromatic N) is 2. The number of anilines is 1. The Morgan fingerprint density at radius 1 is 0.923 bits per heavy atom. The van der Waals surface area contributed by atoms with Crippen molar-refractivity contribution in [2.24, 2.45) is 11.8 Å². The minimum Gasteiger partial charge on any atom is -0.369 e. The van der Waals surface area contributed by atoms with Gasteiger partial charge in [0.2, 0.25) is 0 Å². The second-order valence-corrected chi connectivity index (χ2v) is 8.92. The van der Waals surface area contributed by atoms with Gasteiger partial charge in [0.1, 0.15) is 0 Å². The molecule has 1 aliphatic rings. The fourth-order valence-corrected chi connectivity index (χ4v) is 4.70. The van der Waals surface area contributed by atoms with Crippen LogP contribution in [0.4, 0.5) is 5.69 Å². The predicted molar refractivity (Wildman–Crippen MR) is 116 cm³/mol. The molecule has 0 aliphatic carbocycles. The van der Waals surface area contributed by atoms with E-state index in [-0.39, 0.29) is 0 Å². The normalized spacial score (nSPS) is 16.8. The van der Waals surface area contributed by atoms with Gasteiger partial charge in [-0.3, -0.25) is 4.90 Å². The van der Waals surface area contributed by atoms with Crippen molar-refractivity contribution < 1.29 is 0 Å². The molecule has 0 aromatic heterocycles. The molecule has 0 saturated carbocycles. The fourth-order valence-electron chi connectivity index (χ4n) is 3.35. The summed E-state index contributed by atoms with van der Waals surface area (Å²) in [5.41, 5.74) is 1.35. The number of piperazine rings is 1. The summed E-state index contributed by atoms with van der Waals surface area (Å²) < 4.78 is 0. The molecule has 1 atom stereocenters. The molecule has 140 valence electrons. The number of thioether (sulfide) groups is 1. The van der Waals surface area contributed by atoms with Crippen molar-refractivity contribution >= 4 is 29.1 Å². The molecule has 1 fully saturated rings. The maximum Gasteiger partial charge on any atom is 0.0406 e. The molecule has 1 heterocycles. The highest BCUT2D eigenvalue weighted by molar-refractivity contribution is 7.99. The van der Waals surface area contributed by atoms with Crippen LogP contribution in [0.3, 0.4) is 0 Å². The second-order valence-electron chi connectivity index (χ2n) is 7.39. The van der Waals surface area contributed by atoms with E-state index in [0.29, 0.717) is 11.8 Å². The van der Waals surface area contributed by atoms with E-state index in [0.717, 1.165) is 37.0 Å². The monoisotopic (exact) mass is 388 g/mol. The van der Waals surface area contributed by atoms with Crippen LogP contribution in [0.5, 0.6) is 0 Å². The highest BCUT2D eigenvalue weighted by Gasteiger charge is 2.22. The number of para-hydroxylation sites is 1. The molecule has 1 unspecified atom stereocenters. The minimum absolute atomic E-state index is 0.696. The third-order valence-corrected chi connectivity index (χ3v) is 6.66. The Labute approximate surface area is 167 Å². The lowest BCUT2D eigenvalue weighted by atomic mass is 9.97. The molecule has 0 N–H and O–H groups in total. The van der Waals surface area contributed by atoms with Crippen LogP contribution in [0.2, 0.25) is 5.02 Å². The zero-order valence-electron chi connectivity index (χ0n) is 15.8. The van der Waals surface area contributed by atoms with Crippen molar-refractivity contribution in [3.63, 3.8) is 0 Å². The van der Waals surface area contributed by atoms with Crippen LogP contribution < -0.4 is 4.90 Å². The minimum atomic E-state index is 0.696. The molecule has 1 saturated heterocycles. The molecular formula is C22H29ClN2S. The molecule has 3 rings (SSSR count). The van der Waals surface area contributed by atoms with Gasteiger partial charge in [-0.2, -0.15) is 0 Å². The molecule has 4 heteroatoms. The van der Waals surface area contributed by atoms with Gasteiger partial charge < -0.3 is 4.90 Å². The summed E-state index contributed by atoms with van der Waals surface area (Å²) in [4.78, 5) is 6.46. The number of halogens is 1. The highest BCUT2D eigenvalue weighted by atomic mass is 35.5. The number of rotatable bonds is 7. The van der Waals surface area contributed by atoms with Gasteiger partial charge >= 0.3 is 0 Å². The third-order valence-electron chi connectivity index (χ3n) is 5.21. The second kappa shape index (κ2) is 9.68. The average Bonchev–Trinajstić information content (AvgIpc) is 2.67. The van der Waals surface area contributed by atoms with E-state index >= 15 is 0 Å². The maximum absolute atomic E-state index is 5.99. The Morgan fingerprint density at radius 3 is 2.19 bits per heavy atom. The molecule has 0 amide bonds. The smallest absolute Gasteiger partial charge is 0.0406 e. The van der Waals surface area contributed by atoms with Crippen molar-refractivity contribution in [3.8, 4) is 0 Å². The van der Waals surface area contributed by atoms with Crippen LogP contribution >= 0.6 is 23.4 Å². The summed E-state index contributed by atoms with van der Waals surface area (Å²) in [6, 6.07) is 19.0. The van der Waals surface area contributed by atoms with Crippen molar-refractivity contribution in [2.45, 2.75) is 18.7 Å². The molecule has 0 bridgehead atoms. The zero-order valence-corrected chi connectivity index (χ0v) is 17.3. The van der Waals surface area contributed by atoms with Crippen molar-refractivity contribution in [3.05, 3.63) is 59.6 Å². The van der Waals surface area contributed by atoms with Gasteiger partial charge in [-0.15, -0.1) is 11.8 Å². The first-order chi connectivity index (χ1) is 12.6. The van der Waals surface area contributed by atoms with Crippen LogP contribution in [0.15, 0.2) is 59.5 Å². The molecule has 0 radical (unpaired) electrons. The Bertz CT molecular complexity index is 652. The molecule has 1 aliphatic heterocycles. The standard InChI is InChI=1S/C22H29ClN2S/c1-18(2)19(17-26-22-10-8-20(23)9-11-22)16-24-12-14-25(15-13-24)21-6-4-3-5-7-21/h3-11,18-19H,12-17H2,1-2H3. The molecule has 2 aromatic carbocycles. The van der Waals surface area contributed by atoms with Crippen LogP contribution in [0, 0.1) is 11.8 Å². The van der Waals surface area contributed by atoms with E-state index in [9.17, 15) is 0 Å². The number of hydrogen-bond donors (Lipinski definition) is 0. The van der Waals surface area contributed by atoms with Gasteiger partial charge in [0.05, 0.1) is 0 Å². The molecule has 2 nitrogen and oxygen atoms in total. The lowest BCUT2D eigenvalue weighted by molar-refractivity contribution is 0.204. The van der Waals surface area contributed by atoms with Crippen LogP contribution in [-0.4, -0.2) is 43.4 Å². The summed E-state index contributed by atoms with van der Waals surface area (Å²) in [5.74, 6) is 2.57. The van der Waals surface area contributed by atoms with E-state index in [1.165, 1.54) is 17.1 Å². The van der Waals surface area contributed by atoms with Crippen LogP contribution in [-0.2, 0) is 0 Å². The molecule has 0 spiro atoms. The van der Waals surface area contributed by atoms with E-state index in [2.05, 4.69) is 66.1 Å². The lowest BCUT2D eigenvalue weighted by Crippen LogP contribution is -2.48. The first-order valence-corrected chi connectivity index (χ1v) is 10.9. The molecule has 26 heavy (non-hydrogen) atoms. The first kappa shape index (κ1) is 19.6. The first-order valence-electron chi connectivity index (χ1n) is 9.52. The Morgan fingerprint density at radius 2 is 1.58 bits per heavy atom. The van der Waals surface area contributed by atoms with Crippen LogP contribution in [0.1, 0.15) is 13.8 Å². The third kappa shape index (κ3) is 5.67. The molecule has 2 aromatic rings. The number of hydrogen-bond acceptors (Lipinski definition) is 3. The SMILES string of the molecule is CC(C)C(CSc1ccc(Cl)cc1)CN1CCN(c2ccccc2)CC1. The van der Waals surface area contributed by atoms with Crippen molar-refractivity contribution in [1.29, 1.82) is 0 Å². The highest BCUT2D eigenvalue weighted by Crippen LogP contribution is 2.26. The maximum atomic E-state index is 5.99. The summed E-state index contributed by atoms with van der Waals surface area (Å²) in [6.07, 6.45) is 0. The van der Waals surface area contributed by atoms with Gasteiger partial charge in [-0.25, -0.2) is 0 Å². The summed E-state index contributed by atoms with van der Waals surface area (Å²) in [6.45, 7) is 10.5. The summed E-state index contributed by atoms with van der Waals surface area (Å²) in [7, 11) is 0. The lowest BCUT2D eigenvalue weighted by Gasteiger charge is -2.38. The Kier molecular flexibility index (Phi) is 7.30.